The highest BCUT2D eigenvalue weighted by molar-refractivity contribution is 6.20. The van der Waals surface area contributed by atoms with Crippen molar-refractivity contribution in [2.24, 2.45) is 5.73 Å². The van der Waals surface area contributed by atoms with E-state index in [1.165, 1.54) is 161 Å². The number of halogens is 1. The summed E-state index contributed by atoms with van der Waals surface area (Å²) in [5, 5.41) is 0.443. The molecule has 0 heterocycles. The van der Waals surface area contributed by atoms with Crippen LogP contribution in [0.1, 0.15) is 201 Å². The predicted molar refractivity (Wildman–Crippen MR) is 176 cm³/mol. The van der Waals surface area contributed by atoms with Crippen molar-refractivity contribution in [2.75, 3.05) is 13.2 Å². The zero-order valence-electron chi connectivity index (χ0n) is 27.1. The molecule has 0 aromatic carbocycles. The van der Waals surface area contributed by atoms with Crippen molar-refractivity contribution >= 4 is 17.6 Å². The number of esters is 1. The van der Waals surface area contributed by atoms with Gasteiger partial charge in [-0.1, -0.05) is 175 Å². The number of hydrogen-bond acceptors (Lipinski definition) is 3. The summed E-state index contributed by atoms with van der Waals surface area (Å²) in [7, 11) is 0. The molecular weight excluding hydrogens is 502 g/mol. The summed E-state index contributed by atoms with van der Waals surface area (Å²) >= 11 is 6.47. The van der Waals surface area contributed by atoms with E-state index in [1.54, 1.807) is 0 Å². The molecule has 1 unspecified atom stereocenters. The largest absolute Gasteiger partial charge is 0.464 e. The van der Waals surface area contributed by atoms with Crippen LogP contribution in [0, 0.1) is 0 Å². The second kappa shape index (κ2) is 37.7. The molecule has 0 bridgehead atoms. The van der Waals surface area contributed by atoms with Gasteiger partial charge in [0, 0.05) is 18.3 Å². The number of rotatable bonds is 30. The lowest BCUT2D eigenvalue weighted by Crippen LogP contribution is -2.13. The third-order valence-electron chi connectivity index (χ3n) is 7.61. The predicted octanol–water partition coefficient (Wildman–Crippen LogP) is 12.1. The summed E-state index contributed by atoms with van der Waals surface area (Å²) in [5.74, 6) is -0.109. The Kier molecular flexibility index (Phi) is 39.5. The first-order valence-electron chi connectivity index (χ1n) is 17.6. The van der Waals surface area contributed by atoms with Crippen LogP contribution >= 0.6 is 11.6 Å². The smallest absolute Gasteiger partial charge is 0.305 e. The topological polar surface area (TPSA) is 52.3 Å². The van der Waals surface area contributed by atoms with Gasteiger partial charge in [-0.25, -0.2) is 0 Å². The van der Waals surface area contributed by atoms with E-state index in [0.717, 1.165) is 12.8 Å². The van der Waals surface area contributed by atoms with Gasteiger partial charge in [0.1, 0.15) is 6.61 Å². The first kappa shape index (κ1) is 40.9. The van der Waals surface area contributed by atoms with Crippen LogP contribution in [0.25, 0.3) is 0 Å². The van der Waals surface area contributed by atoms with Gasteiger partial charge in [0.15, 0.2) is 0 Å². The van der Waals surface area contributed by atoms with Crippen molar-refractivity contribution in [1.29, 1.82) is 0 Å². The minimum Gasteiger partial charge on any atom is -0.464 e. The Labute approximate surface area is 251 Å². The number of nitrogens with two attached hydrogens (primary N) is 1. The summed E-state index contributed by atoms with van der Waals surface area (Å²) in [5.41, 5.74) is 5.19. The molecule has 0 aliphatic carbocycles. The highest BCUT2D eigenvalue weighted by atomic mass is 35.5. The molecule has 0 fully saturated rings. The Morgan fingerprint density at radius 2 is 0.846 bits per heavy atom. The fraction of sp³-hybridized carbons (Fsp3) is 0.971. The zero-order chi connectivity index (χ0) is 29.1. The maximum absolute atomic E-state index is 11.0. The van der Waals surface area contributed by atoms with E-state index in [-0.39, 0.29) is 5.97 Å². The summed E-state index contributed by atoms with van der Waals surface area (Å²) < 4.78 is 4.83. The van der Waals surface area contributed by atoms with Gasteiger partial charge in [0.2, 0.25) is 0 Å². The van der Waals surface area contributed by atoms with E-state index < -0.39 is 0 Å². The minimum absolute atomic E-state index is 0.109. The number of carbonyl (C=O) groups excluding carboxylic acids is 1. The van der Waals surface area contributed by atoms with Crippen molar-refractivity contribution in [3.8, 4) is 0 Å². The maximum Gasteiger partial charge on any atom is 0.305 e. The van der Waals surface area contributed by atoms with Crippen molar-refractivity contribution < 1.29 is 9.53 Å². The Bertz CT molecular complexity index is 446. The van der Waals surface area contributed by atoms with E-state index in [4.69, 9.17) is 22.1 Å². The fourth-order valence-electron chi connectivity index (χ4n) is 4.97. The molecule has 0 aromatic heterocycles. The van der Waals surface area contributed by atoms with Gasteiger partial charge in [-0.2, -0.15) is 0 Å². The number of ether oxygens (including phenoxy) is 1. The summed E-state index contributed by atoms with van der Waals surface area (Å²) in [6.45, 7) is 7.53. The fourth-order valence-corrected chi connectivity index (χ4v) is 5.28. The highest BCUT2D eigenvalue weighted by Crippen LogP contribution is 2.18. The molecule has 0 saturated heterocycles. The second-order valence-electron chi connectivity index (χ2n) is 11.7. The van der Waals surface area contributed by atoms with Crippen molar-refractivity contribution in [1.82, 2.24) is 0 Å². The van der Waals surface area contributed by atoms with Gasteiger partial charge in [-0.15, -0.1) is 11.6 Å². The molecule has 39 heavy (non-hydrogen) atoms. The van der Waals surface area contributed by atoms with E-state index in [2.05, 4.69) is 20.8 Å². The van der Waals surface area contributed by atoms with Gasteiger partial charge in [0.05, 0.1) is 0 Å². The molecule has 3 nitrogen and oxygen atoms in total. The van der Waals surface area contributed by atoms with Gasteiger partial charge >= 0.3 is 5.97 Å². The summed E-state index contributed by atoms with van der Waals surface area (Å²) in [4.78, 5) is 11.0. The zero-order valence-corrected chi connectivity index (χ0v) is 27.8. The number of alkyl halides is 1. The van der Waals surface area contributed by atoms with Crippen molar-refractivity contribution in [2.45, 2.75) is 206 Å². The number of carbonyl (C=O) groups is 1. The standard InChI is InChI=1S/C25H51Cl.C10H21NO2/c1-3-5-7-9-11-12-13-14-15-16-17-18-20-22-24-25(26)23-21-19-10-8-6-4-2;1-2-3-4-5-6-7-10(12)13-9-8-11/h25H,3-24H2,1-2H3;2-9,11H2,1H3. The first-order chi connectivity index (χ1) is 19.1. The monoisotopic (exact) mass is 574 g/mol. The van der Waals surface area contributed by atoms with Gasteiger partial charge in [-0.05, 0) is 19.3 Å². The molecule has 236 valence electrons. The second-order valence-corrected chi connectivity index (χ2v) is 12.3. The first-order valence-corrected chi connectivity index (χ1v) is 18.1. The maximum atomic E-state index is 11.0. The van der Waals surface area contributed by atoms with Crippen LogP contribution in [0.3, 0.4) is 0 Å². The van der Waals surface area contributed by atoms with E-state index >= 15 is 0 Å². The quantitative estimate of drug-likeness (QED) is 0.0528. The molecule has 0 aromatic rings. The minimum atomic E-state index is -0.109. The normalized spacial score (nSPS) is 11.7. The molecule has 0 aliphatic heterocycles. The van der Waals surface area contributed by atoms with Crippen LogP contribution in [-0.4, -0.2) is 24.5 Å². The molecule has 0 spiro atoms. The highest BCUT2D eigenvalue weighted by Gasteiger charge is 2.04. The molecule has 2 N–H and O–H groups in total. The Hall–Kier alpha value is -0.280. The average Bonchev–Trinajstić information content (AvgIpc) is 2.94. The molecule has 0 saturated carbocycles. The van der Waals surface area contributed by atoms with Crippen LogP contribution in [0.4, 0.5) is 0 Å². The number of unbranched alkanes of at least 4 members (excludes halogenated alkanes) is 22. The van der Waals surface area contributed by atoms with Crippen LogP contribution < -0.4 is 5.73 Å². The number of hydrogen-bond donors (Lipinski definition) is 1. The third-order valence-corrected chi connectivity index (χ3v) is 8.04. The van der Waals surface area contributed by atoms with Gasteiger partial charge < -0.3 is 10.5 Å². The molecular formula is C35H72ClNO2. The van der Waals surface area contributed by atoms with Gasteiger partial charge in [0.25, 0.3) is 0 Å². The van der Waals surface area contributed by atoms with E-state index in [1.807, 2.05) is 0 Å². The third kappa shape index (κ3) is 39.9. The molecule has 1 atom stereocenters. The molecule has 0 rings (SSSR count). The molecule has 4 heteroatoms. The Morgan fingerprint density at radius 3 is 1.18 bits per heavy atom. The Morgan fingerprint density at radius 1 is 0.538 bits per heavy atom. The summed E-state index contributed by atoms with van der Waals surface area (Å²) in [6, 6.07) is 0. The Balaban J connectivity index is 0. The summed E-state index contributed by atoms with van der Waals surface area (Å²) in [6.07, 6.45) is 37.3. The lowest BCUT2D eigenvalue weighted by Gasteiger charge is -2.09. The SMILES string of the molecule is CCCCCCCC(=O)OCCN.CCCCCCCCCCCCCCCCC(Cl)CCCCCCCC. The lowest BCUT2D eigenvalue weighted by molar-refractivity contribution is -0.143. The average molecular weight is 574 g/mol. The van der Waals surface area contributed by atoms with E-state index in [0.29, 0.717) is 24.9 Å². The molecule has 0 amide bonds. The van der Waals surface area contributed by atoms with E-state index in [9.17, 15) is 4.79 Å². The van der Waals surface area contributed by atoms with Crippen LogP contribution in [0.2, 0.25) is 0 Å². The van der Waals surface area contributed by atoms with Crippen LogP contribution in [0.5, 0.6) is 0 Å². The van der Waals surface area contributed by atoms with Crippen molar-refractivity contribution in [3.05, 3.63) is 0 Å². The lowest BCUT2D eigenvalue weighted by atomic mass is 10.0. The van der Waals surface area contributed by atoms with Crippen LogP contribution in [-0.2, 0) is 9.53 Å². The van der Waals surface area contributed by atoms with Gasteiger partial charge in [-0.3, -0.25) is 4.79 Å². The van der Waals surface area contributed by atoms with Crippen LogP contribution in [0.15, 0.2) is 0 Å². The molecule has 0 radical (unpaired) electrons. The molecule has 0 aliphatic rings. The van der Waals surface area contributed by atoms with Crippen molar-refractivity contribution in [3.63, 3.8) is 0 Å².